The van der Waals surface area contributed by atoms with E-state index < -0.39 is 9.96 Å². The van der Waals surface area contributed by atoms with E-state index in [2.05, 4.69) is 15.4 Å². The third-order valence-corrected chi connectivity index (χ3v) is 4.30. The molecule has 1 aliphatic rings. The highest BCUT2D eigenvalue weighted by Gasteiger charge is 2.40. The number of fused-ring (bicyclic) bond motifs is 3. The average Bonchev–Trinajstić information content (AvgIpc) is 2.99. The van der Waals surface area contributed by atoms with Gasteiger partial charge in [0, 0.05) is 16.8 Å². The third kappa shape index (κ3) is 2.57. The summed E-state index contributed by atoms with van der Waals surface area (Å²) in [5.74, 6) is 1.27. The zero-order chi connectivity index (χ0) is 16.0. The van der Waals surface area contributed by atoms with Crippen molar-refractivity contribution in [3.63, 3.8) is 0 Å². The Balaban J connectivity index is 1.92. The quantitative estimate of drug-likeness (QED) is 0.623. The number of halogens is 3. The first-order chi connectivity index (χ1) is 11.0. The maximum atomic E-state index is 6.14. The van der Waals surface area contributed by atoms with Crippen molar-refractivity contribution in [2.45, 2.75) is 9.96 Å². The van der Waals surface area contributed by atoms with Crippen LogP contribution in [-0.2, 0) is 0 Å². The van der Waals surface area contributed by atoms with Crippen LogP contribution >= 0.6 is 34.8 Å². The van der Waals surface area contributed by atoms with Gasteiger partial charge in [-0.2, -0.15) is 0 Å². The Morgan fingerprint density at radius 1 is 0.957 bits per heavy atom. The van der Waals surface area contributed by atoms with E-state index in [9.17, 15) is 0 Å². The van der Waals surface area contributed by atoms with Crippen molar-refractivity contribution >= 4 is 40.5 Å². The van der Waals surface area contributed by atoms with E-state index in [4.69, 9.17) is 34.8 Å². The highest BCUT2D eigenvalue weighted by Crippen LogP contribution is 2.45. The van der Waals surface area contributed by atoms with E-state index in [1.165, 1.54) is 0 Å². The lowest BCUT2D eigenvalue weighted by molar-refractivity contribution is 0.510. The van der Waals surface area contributed by atoms with Crippen LogP contribution in [0.5, 0.6) is 0 Å². The molecule has 1 N–H and O–H groups in total. The van der Waals surface area contributed by atoms with Crippen LogP contribution in [0.25, 0.3) is 22.8 Å². The zero-order valence-electron chi connectivity index (χ0n) is 11.7. The van der Waals surface area contributed by atoms with Crippen molar-refractivity contribution in [1.82, 2.24) is 14.8 Å². The van der Waals surface area contributed by atoms with Gasteiger partial charge in [-0.05, 0) is 12.1 Å². The van der Waals surface area contributed by atoms with E-state index in [1.54, 1.807) is 4.68 Å². The molecule has 0 spiro atoms. The van der Waals surface area contributed by atoms with Gasteiger partial charge in [0.2, 0.25) is 3.79 Å². The third-order valence-electron chi connectivity index (χ3n) is 3.68. The van der Waals surface area contributed by atoms with Crippen molar-refractivity contribution < 1.29 is 0 Å². The smallest absolute Gasteiger partial charge is 0.230 e. The van der Waals surface area contributed by atoms with Gasteiger partial charge in [0.1, 0.15) is 0 Å². The average molecular weight is 366 g/mol. The molecule has 1 unspecified atom stereocenters. The van der Waals surface area contributed by atoms with Crippen LogP contribution in [0.15, 0.2) is 54.6 Å². The lowest BCUT2D eigenvalue weighted by Crippen LogP contribution is -2.34. The molecule has 3 aromatic rings. The number of rotatable bonds is 1. The fourth-order valence-electron chi connectivity index (χ4n) is 2.63. The standard InChI is InChI=1S/C16H11Cl3N4/c17-16(18,19)15-20-12-9-5-4-8-11(12)14-21-13(22-23(14)15)10-6-2-1-3-7-10/h1-9,15,20H. The van der Waals surface area contributed by atoms with E-state index in [0.29, 0.717) is 11.6 Å². The minimum atomic E-state index is -1.57. The molecule has 2 aromatic carbocycles. The molecular weight excluding hydrogens is 355 g/mol. The fourth-order valence-corrected chi connectivity index (χ4v) is 3.07. The molecule has 0 amide bonds. The summed E-state index contributed by atoms with van der Waals surface area (Å²) >= 11 is 18.4. The first-order valence-electron chi connectivity index (χ1n) is 6.98. The van der Waals surface area contributed by atoms with Crippen molar-refractivity contribution in [2.75, 3.05) is 5.32 Å². The lowest BCUT2D eigenvalue weighted by atomic mass is 10.1. The summed E-state index contributed by atoms with van der Waals surface area (Å²) in [6.07, 6.45) is -0.637. The highest BCUT2D eigenvalue weighted by atomic mass is 35.6. The van der Waals surface area contributed by atoms with Crippen LogP contribution in [0.2, 0.25) is 0 Å². The Kier molecular flexibility index (Phi) is 3.48. The molecule has 0 saturated carbocycles. The minimum absolute atomic E-state index is 0.596. The number of nitrogens with one attached hydrogen (secondary N) is 1. The monoisotopic (exact) mass is 364 g/mol. The summed E-state index contributed by atoms with van der Waals surface area (Å²) in [7, 11) is 0. The van der Waals surface area contributed by atoms with Gasteiger partial charge >= 0.3 is 0 Å². The molecule has 1 atom stereocenters. The Morgan fingerprint density at radius 3 is 2.39 bits per heavy atom. The first-order valence-corrected chi connectivity index (χ1v) is 8.12. The maximum Gasteiger partial charge on any atom is 0.230 e. The van der Waals surface area contributed by atoms with Crippen LogP contribution in [0.1, 0.15) is 6.17 Å². The second-order valence-electron chi connectivity index (χ2n) is 5.20. The van der Waals surface area contributed by atoms with Gasteiger partial charge in [-0.25, -0.2) is 9.67 Å². The van der Waals surface area contributed by atoms with E-state index in [1.807, 2.05) is 54.6 Å². The van der Waals surface area contributed by atoms with Crippen LogP contribution < -0.4 is 5.32 Å². The maximum absolute atomic E-state index is 6.14. The van der Waals surface area contributed by atoms with Crippen LogP contribution in [0.3, 0.4) is 0 Å². The van der Waals surface area contributed by atoms with Crippen LogP contribution in [0.4, 0.5) is 5.69 Å². The molecule has 4 nitrogen and oxygen atoms in total. The minimum Gasteiger partial charge on any atom is -0.360 e. The molecule has 116 valence electrons. The second kappa shape index (κ2) is 5.41. The number of anilines is 1. The predicted molar refractivity (Wildman–Crippen MR) is 93.8 cm³/mol. The number of alkyl halides is 3. The Morgan fingerprint density at radius 2 is 1.65 bits per heavy atom. The lowest BCUT2D eigenvalue weighted by Gasteiger charge is -2.32. The number of benzene rings is 2. The summed E-state index contributed by atoms with van der Waals surface area (Å²) < 4.78 is 0.0710. The number of aromatic nitrogens is 3. The van der Waals surface area contributed by atoms with Gasteiger partial charge in [0.05, 0.1) is 0 Å². The molecular formula is C16H11Cl3N4. The van der Waals surface area contributed by atoms with E-state index in [-0.39, 0.29) is 0 Å². The van der Waals surface area contributed by atoms with Gasteiger partial charge in [-0.1, -0.05) is 77.3 Å². The van der Waals surface area contributed by atoms with Gasteiger partial charge in [0.15, 0.2) is 17.8 Å². The van der Waals surface area contributed by atoms with Gasteiger partial charge in [-0.15, -0.1) is 5.10 Å². The zero-order valence-corrected chi connectivity index (χ0v) is 14.0. The molecule has 0 radical (unpaired) electrons. The Bertz CT molecular complexity index is 855. The molecule has 0 bridgehead atoms. The van der Waals surface area contributed by atoms with E-state index >= 15 is 0 Å². The molecule has 4 rings (SSSR count). The molecule has 0 fully saturated rings. The molecule has 7 heteroatoms. The SMILES string of the molecule is ClC(Cl)(Cl)C1Nc2ccccc2-c2nc(-c3ccccc3)nn21. The molecule has 0 aliphatic carbocycles. The van der Waals surface area contributed by atoms with Crippen molar-refractivity contribution in [3.8, 4) is 22.8 Å². The summed E-state index contributed by atoms with van der Waals surface area (Å²) in [4.78, 5) is 4.66. The molecule has 1 aromatic heterocycles. The molecule has 23 heavy (non-hydrogen) atoms. The summed E-state index contributed by atoms with van der Waals surface area (Å²) in [5.41, 5.74) is 2.70. The molecule has 2 heterocycles. The second-order valence-corrected chi connectivity index (χ2v) is 7.57. The number of hydrogen-bond acceptors (Lipinski definition) is 3. The Hall–Kier alpha value is -1.75. The van der Waals surface area contributed by atoms with Crippen LogP contribution in [0, 0.1) is 0 Å². The summed E-state index contributed by atoms with van der Waals surface area (Å²) in [6.45, 7) is 0. The van der Waals surface area contributed by atoms with Gasteiger partial charge in [-0.3, -0.25) is 0 Å². The largest absolute Gasteiger partial charge is 0.360 e. The highest BCUT2D eigenvalue weighted by molar-refractivity contribution is 6.68. The van der Waals surface area contributed by atoms with Crippen LogP contribution in [-0.4, -0.2) is 18.6 Å². The fraction of sp³-hybridized carbons (Fsp3) is 0.125. The topological polar surface area (TPSA) is 42.7 Å². The van der Waals surface area contributed by atoms with Gasteiger partial charge < -0.3 is 5.32 Å². The van der Waals surface area contributed by atoms with Gasteiger partial charge in [0.25, 0.3) is 0 Å². The van der Waals surface area contributed by atoms with Crippen molar-refractivity contribution in [2.24, 2.45) is 0 Å². The van der Waals surface area contributed by atoms with E-state index in [0.717, 1.165) is 16.8 Å². The van der Waals surface area contributed by atoms with Crippen molar-refractivity contribution in [1.29, 1.82) is 0 Å². The molecule has 1 aliphatic heterocycles. The molecule has 0 saturated heterocycles. The first kappa shape index (κ1) is 14.8. The Labute approximate surface area is 148 Å². The van der Waals surface area contributed by atoms with Crippen molar-refractivity contribution in [3.05, 3.63) is 54.6 Å². The number of nitrogens with zero attached hydrogens (tertiary/aromatic N) is 3. The normalized spacial score (nSPS) is 16.4. The number of hydrogen-bond donors (Lipinski definition) is 1. The predicted octanol–water partition coefficient (Wildman–Crippen LogP) is 4.91. The summed E-state index contributed by atoms with van der Waals surface area (Å²) in [5, 5.41) is 7.78. The summed E-state index contributed by atoms with van der Waals surface area (Å²) in [6, 6.07) is 17.5. The number of para-hydroxylation sites is 1.